The van der Waals surface area contributed by atoms with E-state index in [1.165, 1.54) is 0 Å². The fourth-order valence-corrected chi connectivity index (χ4v) is 1.48. The molecule has 1 atom stereocenters. The zero-order chi connectivity index (χ0) is 9.35. The Balaban J connectivity index is 2.92. The summed E-state index contributed by atoms with van der Waals surface area (Å²) in [5, 5.41) is 0. The lowest BCUT2D eigenvalue weighted by atomic mass is 9.84. The molecule has 0 saturated carbocycles. The summed E-state index contributed by atoms with van der Waals surface area (Å²) in [6, 6.07) is 1.91. The number of hydrogen-bond donors (Lipinski definition) is 1. The van der Waals surface area contributed by atoms with E-state index in [1.54, 1.807) is 6.26 Å². The van der Waals surface area contributed by atoms with Crippen molar-refractivity contribution in [2.24, 2.45) is 11.1 Å². The molecule has 0 fully saturated rings. The van der Waals surface area contributed by atoms with Crippen LogP contribution in [0.4, 0.5) is 0 Å². The average molecular weight is 232 g/mol. The van der Waals surface area contributed by atoms with E-state index >= 15 is 0 Å². The van der Waals surface area contributed by atoms with E-state index in [0.717, 1.165) is 10.2 Å². The molecule has 0 amide bonds. The maximum absolute atomic E-state index is 6.03. The summed E-state index contributed by atoms with van der Waals surface area (Å²) in [5.74, 6) is 0. The Morgan fingerprint density at radius 2 is 2.08 bits per heavy atom. The van der Waals surface area contributed by atoms with Crippen LogP contribution in [0.25, 0.3) is 0 Å². The van der Waals surface area contributed by atoms with Gasteiger partial charge in [0.2, 0.25) is 0 Å². The van der Waals surface area contributed by atoms with Gasteiger partial charge in [0.1, 0.15) is 0 Å². The van der Waals surface area contributed by atoms with Gasteiger partial charge in [-0.2, -0.15) is 0 Å². The molecule has 0 aliphatic rings. The Morgan fingerprint density at radius 1 is 1.50 bits per heavy atom. The van der Waals surface area contributed by atoms with Crippen LogP contribution in [-0.4, -0.2) is 0 Å². The Morgan fingerprint density at radius 3 is 2.42 bits per heavy atom. The third kappa shape index (κ3) is 1.90. The van der Waals surface area contributed by atoms with Gasteiger partial charge in [-0.1, -0.05) is 20.8 Å². The standard InChI is InChI=1S/C9H14BrNO/c1-9(2,3)7(11)6-4-5-12-8(6)10/h4-5,7H,11H2,1-3H3. The van der Waals surface area contributed by atoms with Gasteiger partial charge in [0.05, 0.1) is 6.26 Å². The summed E-state index contributed by atoms with van der Waals surface area (Å²) in [5.41, 5.74) is 7.12. The Hall–Kier alpha value is -0.280. The van der Waals surface area contributed by atoms with Gasteiger partial charge >= 0.3 is 0 Å². The first-order valence-electron chi connectivity index (χ1n) is 3.91. The second-order valence-electron chi connectivity index (χ2n) is 3.99. The van der Waals surface area contributed by atoms with Crippen LogP contribution < -0.4 is 5.73 Å². The Labute approximate surface area is 81.3 Å². The maximum atomic E-state index is 6.03. The quantitative estimate of drug-likeness (QED) is 0.807. The van der Waals surface area contributed by atoms with Crippen LogP contribution in [0.1, 0.15) is 32.4 Å². The lowest BCUT2D eigenvalue weighted by molar-refractivity contribution is 0.323. The van der Waals surface area contributed by atoms with Gasteiger partial charge in [-0.05, 0) is 27.4 Å². The van der Waals surface area contributed by atoms with Gasteiger partial charge in [-0.15, -0.1) is 0 Å². The molecule has 1 aromatic heterocycles. The molecule has 2 nitrogen and oxygen atoms in total. The van der Waals surface area contributed by atoms with Crippen molar-refractivity contribution < 1.29 is 4.42 Å². The van der Waals surface area contributed by atoms with Crippen LogP contribution in [0.15, 0.2) is 21.4 Å². The van der Waals surface area contributed by atoms with Crippen molar-refractivity contribution in [2.45, 2.75) is 26.8 Å². The molecule has 68 valence electrons. The topological polar surface area (TPSA) is 39.2 Å². The highest BCUT2D eigenvalue weighted by atomic mass is 79.9. The largest absolute Gasteiger partial charge is 0.457 e. The summed E-state index contributed by atoms with van der Waals surface area (Å²) in [4.78, 5) is 0. The summed E-state index contributed by atoms with van der Waals surface area (Å²) in [6.45, 7) is 6.32. The summed E-state index contributed by atoms with van der Waals surface area (Å²) in [7, 11) is 0. The molecule has 0 bridgehead atoms. The smallest absolute Gasteiger partial charge is 0.173 e. The highest BCUT2D eigenvalue weighted by Gasteiger charge is 2.25. The van der Waals surface area contributed by atoms with Crippen molar-refractivity contribution in [2.75, 3.05) is 0 Å². The highest BCUT2D eigenvalue weighted by Crippen LogP contribution is 2.34. The first kappa shape index (κ1) is 9.81. The van der Waals surface area contributed by atoms with Crippen molar-refractivity contribution >= 4 is 15.9 Å². The van der Waals surface area contributed by atoms with Gasteiger partial charge in [-0.25, -0.2) is 0 Å². The van der Waals surface area contributed by atoms with Crippen LogP contribution in [0, 0.1) is 5.41 Å². The van der Waals surface area contributed by atoms with E-state index in [-0.39, 0.29) is 11.5 Å². The molecule has 0 aromatic carbocycles. The first-order valence-corrected chi connectivity index (χ1v) is 4.70. The number of nitrogens with two attached hydrogens (primary N) is 1. The van der Waals surface area contributed by atoms with Gasteiger partial charge in [0.15, 0.2) is 4.67 Å². The Kier molecular flexibility index (Phi) is 2.64. The van der Waals surface area contributed by atoms with Crippen molar-refractivity contribution in [1.82, 2.24) is 0 Å². The fourth-order valence-electron chi connectivity index (χ4n) is 0.993. The lowest BCUT2D eigenvalue weighted by Gasteiger charge is -2.26. The van der Waals surface area contributed by atoms with E-state index in [1.807, 2.05) is 6.07 Å². The Bertz CT molecular complexity index is 262. The molecule has 0 saturated heterocycles. The third-order valence-corrected chi connectivity index (χ3v) is 2.56. The van der Waals surface area contributed by atoms with E-state index in [4.69, 9.17) is 10.2 Å². The minimum absolute atomic E-state index is 0.00521. The van der Waals surface area contributed by atoms with Gasteiger partial charge in [0.25, 0.3) is 0 Å². The summed E-state index contributed by atoms with van der Waals surface area (Å²) in [6.07, 6.45) is 1.64. The average Bonchev–Trinajstić information content (AvgIpc) is 2.31. The minimum atomic E-state index is 0.00521. The van der Waals surface area contributed by atoms with E-state index in [2.05, 4.69) is 36.7 Å². The van der Waals surface area contributed by atoms with Crippen molar-refractivity contribution in [3.8, 4) is 0 Å². The van der Waals surface area contributed by atoms with Crippen molar-refractivity contribution in [1.29, 1.82) is 0 Å². The van der Waals surface area contributed by atoms with Crippen LogP contribution in [0.5, 0.6) is 0 Å². The predicted molar refractivity (Wildman–Crippen MR) is 52.8 cm³/mol. The zero-order valence-electron chi connectivity index (χ0n) is 7.60. The predicted octanol–water partition coefficient (Wildman–Crippen LogP) is 3.09. The molecule has 1 heterocycles. The molecule has 3 heteroatoms. The van der Waals surface area contributed by atoms with Crippen LogP contribution in [0.2, 0.25) is 0 Å². The van der Waals surface area contributed by atoms with E-state index in [9.17, 15) is 0 Å². The van der Waals surface area contributed by atoms with Crippen molar-refractivity contribution in [3.63, 3.8) is 0 Å². The lowest BCUT2D eigenvalue weighted by Crippen LogP contribution is -2.26. The van der Waals surface area contributed by atoms with Gasteiger partial charge in [0, 0.05) is 11.6 Å². The van der Waals surface area contributed by atoms with Crippen LogP contribution in [-0.2, 0) is 0 Å². The van der Waals surface area contributed by atoms with E-state index < -0.39 is 0 Å². The number of rotatable bonds is 1. The monoisotopic (exact) mass is 231 g/mol. The third-order valence-electron chi connectivity index (χ3n) is 1.91. The van der Waals surface area contributed by atoms with Crippen molar-refractivity contribution in [3.05, 3.63) is 22.6 Å². The molecule has 12 heavy (non-hydrogen) atoms. The SMILES string of the molecule is CC(C)(C)C(N)c1ccoc1Br. The summed E-state index contributed by atoms with van der Waals surface area (Å²) < 4.78 is 5.86. The minimum Gasteiger partial charge on any atom is -0.457 e. The maximum Gasteiger partial charge on any atom is 0.173 e. The zero-order valence-corrected chi connectivity index (χ0v) is 9.18. The molecule has 0 radical (unpaired) electrons. The number of furan rings is 1. The molecule has 2 N–H and O–H groups in total. The van der Waals surface area contributed by atoms with Gasteiger partial charge in [-0.3, -0.25) is 0 Å². The molecule has 0 spiro atoms. The second-order valence-corrected chi connectivity index (χ2v) is 4.71. The molecule has 1 rings (SSSR count). The highest BCUT2D eigenvalue weighted by molar-refractivity contribution is 9.10. The summed E-state index contributed by atoms with van der Waals surface area (Å²) >= 11 is 3.31. The molecule has 0 aliphatic carbocycles. The van der Waals surface area contributed by atoms with Crippen LogP contribution in [0.3, 0.4) is 0 Å². The molecule has 1 unspecified atom stereocenters. The molecular weight excluding hydrogens is 218 g/mol. The molecular formula is C9H14BrNO. The molecule has 1 aromatic rings. The molecule has 0 aliphatic heterocycles. The first-order chi connectivity index (χ1) is 5.43. The fraction of sp³-hybridized carbons (Fsp3) is 0.556. The van der Waals surface area contributed by atoms with Crippen LogP contribution >= 0.6 is 15.9 Å². The number of halogens is 1. The van der Waals surface area contributed by atoms with E-state index in [0.29, 0.717) is 0 Å². The van der Waals surface area contributed by atoms with Gasteiger partial charge < -0.3 is 10.2 Å². The normalized spacial score (nSPS) is 14.8. The second kappa shape index (κ2) is 3.23. The number of hydrogen-bond acceptors (Lipinski definition) is 2.